The lowest BCUT2D eigenvalue weighted by atomic mass is 10.1. The highest BCUT2D eigenvalue weighted by Gasteiger charge is 2.21. The Labute approximate surface area is 207 Å². The molecule has 0 unspecified atom stereocenters. The summed E-state index contributed by atoms with van der Waals surface area (Å²) in [5.41, 5.74) is 2.74. The van der Waals surface area contributed by atoms with Gasteiger partial charge in [0.05, 0.1) is 11.4 Å². The number of anilines is 1. The fourth-order valence-electron chi connectivity index (χ4n) is 3.70. The molecule has 0 atom stereocenters. The van der Waals surface area contributed by atoms with Crippen LogP contribution < -0.4 is 10.6 Å². The second kappa shape index (κ2) is 11.9. The molecule has 0 aromatic heterocycles. The molecule has 10 heteroatoms. The number of sulfonamides is 1. The van der Waals surface area contributed by atoms with Crippen molar-refractivity contribution in [2.75, 3.05) is 45.6 Å². The Morgan fingerprint density at radius 1 is 1.03 bits per heavy atom. The van der Waals surface area contributed by atoms with Gasteiger partial charge in [-0.25, -0.2) is 12.7 Å². The molecular formula is C25H33N5O4S. The molecule has 1 heterocycles. The minimum Gasteiger partial charge on any atom is -0.368 e. The van der Waals surface area contributed by atoms with Crippen LogP contribution in [0.2, 0.25) is 0 Å². The van der Waals surface area contributed by atoms with Crippen molar-refractivity contribution >= 4 is 33.4 Å². The molecule has 0 radical (unpaired) electrons. The van der Waals surface area contributed by atoms with Gasteiger partial charge in [-0.1, -0.05) is 24.3 Å². The molecule has 0 fully saturated rings. The van der Waals surface area contributed by atoms with E-state index < -0.39 is 10.0 Å². The number of rotatable bonds is 11. The number of amides is 2. The zero-order valence-corrected chi connectivity index (χ0v) is 21.3. The molecule has 1 aliphatic heterocycles. The number of nitrogens with one attached hydrogen (secondary N) is 2. The zero-order valence-electron chi connectivity index (χ0n) is 20.5. The molecule has 2 aromatic rings. The number of carbonyl (C=O) groups excluding carboxylic acids is 2. The van der Waals surface area contributed by atoms with Crippen LogP contribution in [0.3, 0.4) is 0 Å². The van der Waals surface area contributed by atoms with Crippen LogP contribution in [0.15, 0.2) is 58.4 Å². The predicted octanol–water partition coefficient (Wildman–Crippen LogP) is 2.10. The maximum absolute atomic E-state index is 12.8. The van der Waals surface area contributed by atoms with Crippen LogP contribution in [-0.4, -0.2) is 75.5 Å². The van der Waals surface area contributed by atoms with Crippen LogP contribution in [0.25, 0.3) is 0 Å². The number of hydrogen-bond acceptors (Lipinski definition) is 6. The van der Waals surface area contributed by atoms with Gasteiger partial charge in [0.1, 0.15) is 5.84 Å². The number of amidine groups is 1. The van der Waals surface area contributed by atoms with E-state index in [2.05, 4.69) is 27.8 Å². The molecule has 35 heavy (non-hydrogen) atoms. The molecule has 0 bridgehead atoms. The van der Waals surface area contributed by atoms with E-state index in [0.717, 1.165) is 36.5 Å². The third kappa shape index (κ3) is 7.37. The van der Waals surface area contributed by atoms with Crippen molar-refractivity contribution < 1.29 is 18.0 Å². The first kappa shape index (κ1) is 26.4. The Bertz CT molecular complexity index is 1160. The lowest BCUT2D eigenvalue weighted by Gasteiger charge is -2.20. The molecule has 0 spiro atoms. The number of carbonyl (C=O) groups is 2. The Hall–Kier alpha value is -3.24. The smallest absolute Gasteiger partial charge is 0.242 e. The monoisotopic (exact) mass is 499 g/mol. The Balaban J connectivity index is 1.42. The Morgan fingerprint density at radius 3 is 2.31 bits per heavy atom. The normalized spacial score (nSPS) is 13.3. The standard InChI is InChI=1S/C25H33N5O4S/c1-19(31)28-22-10-12-23(13-11-22)35(33,34)30(3)17-4-5-24(32)29(2)18-14-20-6-8-21(9-7-20)25-26-15-16-27-25/h6-13H,4-5,14-18H2,1-3H3,(H,26,27)(H,28,31). The van der Waals surface area contributed by atoms with Crippen molar-refractivity contribution in [3.8, 4) is 0 Å². The molecule has 9 nitrogen and oxygen atoms in total. The van der Waals surface area contributed by atoms with E-state index in [9.17, 15) is 18.0 Å². The van der Waals surface area contributed by atoms with E-state index >= 15 is 0 Å². The fraction of sp³-hybridized carbons (Fsp3) is 0.400. The van der Waals surface area contributed by atoms with Gasteiger partial charge in [-0.05, 0) is 42.7 Å². The van der Waals surface area contributed by atoms with E-state index in [0.29, 0.717) is 18.7 Å². The molecule has 1 aliphatic rings. The van der Waals surface area contributed by atoms with Crippen LogP contribution in [0.4, 0.5) is 5.69 Å². The number of benzene rings is 2. The van der Waals surface area contributed by atoms with Gasteiger partial charge < -0.3 is 15.5 Å². The number of hydrogen-bond donors (Lipinski definition) is 2. The summed E-state index contributed by atoms with van der Waals surface area (Å²) >= 11 is 0. The number of nitrogens with zero attached hydrogens (tertiary/aromatic N) is 3. The number of likely N-dealkylation sites (N-methyl/N-ethyl adjacent to an activating group) is 1. The van der Waals surface area contributed by atoms with Crippen molar-refractivity contribution in [1.82, 2.24) is 14.5 Å². The molecule has 188 valence electrons. The van der Waals surface area contributed by atoms with Gasteiger partial charge in [0.2, 0.25) is 21.8 Å². The average molecular weight is 500 g/mol. The number of aliphatic imine (C=N–C) groups is 1. The third-order valence-electron chi connectivity index (χ3n) is 5.81. The first-order valence-corrected chi connectivity index (χ1v) is 13.1. The molecule has 2 aromatic carbocycles. The molecular weight excluding hydrogens is 466 g/mol. The largest absolute Gasteiger partial charge is 0.368 e. The average Bonchev–Trinajstić information content (AvgIpc) is 3.37. The molecule has 2 N–H and O–H groups in total. The van der Waals surface area contributed by atoms with Crippen LogP contribution in [0, 0.1) is 0 Å². The van der Waals surface area contributed by atoms with Crippen molar-refractivity contribution in [2.24, 2.45) is 4.99 Å². The minimum absolute atomic E-state index is 0.0170. The highest BCUT2D eigenvalue weighted by molar-refractivity contribution is 7.89. The SMILES string of the molecule is CC(=O)Nc1ccc(S(=O)(=O)N(C)CCCC(=O)N(C)CCc2ccc(C3=NCCN3)cc2)cc1. The highest BCUT2D eigenvalue weighted by atomic mass is 32.2. The van der Waals surface area contributed by atoms with E-state index in [1.807, 2.05) is 12.1 Å². The maximum atomic E-state index is 12.8. The lowest BCUT2D eigenvalue weighted by Crippen LogP contribution is -2.31. The quantitative estimate of drug-likeness (QED) is 0.492. The van der Waals surface area contributed by atoms with E-state index in [4.69, 9.17) is 0 Å². The maximum Gasteiger partial charge on any atom is 0.242 e. The summed E-state index contributed by atoms with van der Waals surface area (Å²) in [6.45, 7) is 3.89. The van der Waals surface area contributed by atoms with Crippen molar-refractivity contribution in [3.05, 3.63) is 59.7 Å². The second-order valence-corrected chi connectivity index (χ2v) is 10.6. The summed E-state index contributed by atoms with van der Waals surface area (Å²) in [6, 6.07) is 14.2. The molecule has 3 rings (SSSR count). The fourth-order valence-corrected chi connectivity index (χ4v) is 4.91. The summed E-state index contributed by atoms with van der Waals surface area (Å²) in [7, 11) is -0.405. The molecule has 0 saturated carbocycles. The van der Waals surface area contributed by atoms with E-state index in [1.54, 1.807) is 24.1 Å². The first-order valence-electron chi connectivity index (χ1n) is 11.6. The van der Waals surface area contributed by atoms with Crippen molar-refractivity contribution in [2.45, 2.75) is 31.1 Å². The van der Waals surface area contributed by atoms with E-state index in [1.165, 1.54) is 30.4 Å². The van der Waals surface area contributed by atoms with Gasteiger partial charge in [-0.3, -0.25) is 14.6 Å². The Morgan fingerprint density at radius 2 is 1.71 bits per heavy atom. The predicted molar refractivity (Wildman–Crippen MR) is 137 cm³/mol. The topological polar surface area (TPSA) is 111 Å². The molecule has 0 aliphatic carbocycles. The molecule has 2 amide bonds. The van der Waals surface area contributed by atoms with Crippen molar-refractivity contribution in [3.63, 3.8) is 0 Å². The first-order chi connectivity index (χ1) is 16.7. The van der Waals surface area contributed by atoms with Crippen molar-refractivity contribution in [1.29, 1.82) is 0 Å². The van der Waals surface area contributed by atoms with Gasteiger partial charge in [-0.2, -0.15) is 0 Å². The van der Waals surface area contributed by atoms with E-state index in [-0.39, 0.29) is 29.7 Å². The van der Waals surface area contributed by atoms with Crippen LogP contribution in [-0.2, 0) is 26.0 Å². The van der Waals surface area contributed by atoms with Crippen LogP contribution in [0.5, 0.6) is 0 Å². The summed E-state index contributed by atoms with van der Waals surface area (Å²) in [6.07, 6.45) is 1.43. The minimum atomic E-state index is -3.68. The summed E-state index contributed by atoms with van der Waals surface area (Å²) in [5, 5.41) is 5.86. The van der Waals surface area contributed by atoms with Gasteiger partial charge >= 0.3 is 0 Å². The zero-order chi connectivity index (χ0) is 25.4. The second-order valence-electron chi connectivity index (χ2n) is 8.56. The Kier molecular flexibility index (Phi) is 9.00. The van der Waals surface area contributed by atoms with Crippen LogP contribution in [0.1, 0.15) is 30.9 Å². The summed E-state index contributed by atoms with van der Waals surface area (Å²) in [4.78, 5) is 29.9. The summed E-state index contributed by atoms with van der Waals surface area (Å²) in [5.74, 6) is 0.687. The van der Waals surface area contributed by atoms with Gasteiger partial charge in [0.25, 0.3) is 0 Å². The van der Waals surface area contributed by atoms with Gasteiger partial charge in [0, 0.05) is 58.3 Å². The molecule has 0 saturated heterocycles. The van der Waals surface area contributed by atoms with Gasteiger partial charge in [-0.15, -0.1) is 0 Å². The third-order valence-corrected chi connectivity index (χ3v) is 7.68. The highest BCUT2D eigenvalue weighted by Crippen LogP contribution is 2.18. The van der Waals surface area contributed by atoms with Gasteiger partial charge in [0.15, 0.2) is 0 Å². The van der Waals surface area contributed by atoms with Crippen LogP contribution >= 0.6 is 0 Å². The summed E-state index contributed by atoms with van der Waals surface area (Å²) < 4.78 is 26.8. The lowest BCUT2D eigenvalue weighted by molar-refractivity contribution is -0.130.